The van der Waals surface area contributed by atoms with Gasteiger partial charge in [-0.25, -0.2) is 4.98 Å². The van der Waals surface area contributed by atoms with Crippen LogP contribution in [0.5, 0.6) is 5.88 Å². The van der Waals surface area contributed by atoms with Crippen molar-refractivity contribution in [2.75, 3.05) is 30.4 Å². The lowest BCUT2D eigenvalue weighted by Gasteiger charge is -2.23. The average molecular weight is 273 g/mol. The molecule has 0 unspecified atom stereocenters. The van der Waals surface area contributed by atoms with E-state index in [1.807, 2.05) is 12.1 Å². The molecule has 0 aromatic carbocycles. The fourth-order valence-electron chi connectivity index (χ4n) is 1.45. The predicted octanol–water partition coefficient (Wildman–Crippen LogP) is 2.70. The van der Waals surface area contributed by atoms with E-state index in [1.54, 1.807) is 13.3 Å². The van der Waals surface area contributed by atoms with Gasteiger partial charge in [-0.15, -0.1) is 0 Å². The van der Waals surface area contributed by atoms with Gasteiger partial charge in [0.25, 0.3) is 0 Å². The van der Waals surface area contributed by atoms with Gasteiger partial charge in [-0.3, -0.25) is 0 Å². The van der Waals surface area contributed by atoms with Gasteiger partial charge in [0, 0.05) is 36.4 Å². The first-order chi connectivity index (χ1) is 7.31. The maximum Gasteiger partial charge on any atom is 0.214 e. The number of halogens is 1. The van der Waals surface area contributed by atoms with Crippen LogP contribution in [-0.2, 0) is 0 Å². The zero-order valence-corrected chi connectivity index (χ0v) is 10.8. The molecule has 0 saturated heterocycles. The summed E-state index contributed by atoms with van der Waals surface area (Å²) in [5.41, 5.74) is 1.17. The molecule has 84 valence electrons. The standard InChI is InChI=1S/C11H17BrN2O/c1-3-7-14(8-5-12)10-4-6-13-11(9-10)15-2/h4,6,9H,3,5,7-8H2,1-2H3. The lowest BCUT2D eigenvalue weighted by molar-refractivity contribution is 0.398. The van der Waals surface area contributed by atoms with E-state index in [1.165, 1.54) is 5.69 Å². The van der Waals surface area contributed by atoms with Gasteiger partial charge in [0.2, 0.25) is 5.88 Å². The minimum Gasteiger partial charge on any atom is -0.481 e. The second-order valence-electron chi connectivity index (χ2n) is 3.23. The Hall–Kier alpha value is -0.770. The number of rotatable bonds is 6. The van der Waals surface area contributed by atoms with Crippen LogP contribution >= 0.6 is 15.9 Å². The van der Waals surface area contributed by atoms with Crippen molar-refractivity contribution in [1.82, 2.24) is 4.98 Å². The van der Waals surface area contributed by atoms with Gasteiger partial charge in [-0.2, -0.15) is 0 Å². The van der Waals surface area contributed by atoms with Crippen LogP contribution < -0.4 is 9.64 Å². The molecule has 1 aromatic heterocycles. The first-order valence-corrected chi connectivity index (χ1v) is 6.25. The Bertz CT molecular complexity index is 288. The Kier molecular flexibility index (Phi) is 5.47. The van der Waals surface area contributed by atoms with Crippen LogP contribution in [0.1, 0.15) is 13.3 Å². The molecule has 4 heteroatoms. The number of anilines is 1. The fraction of sp³-hybridized carbons (Fsp3) is 0.545. The smallest absolute Gasteiger partial charge is 0.214 e. The van der Waals surface area contributed by atoms with Crippen molar-refractivity contribution in [2.45, 2.75) is 13.3 Å². The second kappa shape index (κ2) is 6.67. The summed E-state index contributed by atoms with van der Waals surface area (Å²) < 4.78 is 5.11. The van der Waals surface area contributed by atoms with Crippen molar-refractivity contribution in [3.8, 4) is 5.88 Å². The quantitative estimate of drug-likeness (QED) is 0.745. The van der Waals surface area contributed by atoms with E-state index in [4.69, 9.17) is 4.74 Å². The van der Waals surface area contributed by atoms with Gasteiger partial charge in [0.1, 0.15) is 0 Å². The van der Waals surface area contributed by atoms with Crippen LogP contribution in [0, 0.1) is 0 Å². The van der Waals surface area contributed by atoms with Crippen molar-refractivity contribution in [3.63, 3.8) is 0 Å². The number of ether oxygens (including phenoxy) is 1. The number of pyridine rings is 1. The summed E-state index contributed by atoms with van der Waals surface area (Å²) in [6, 6.07) is 3.99. The van der Waals surface area contributed by atoms with Gasteiger partial charge in [0.05, 0.1) is 7.11 Å². The van der Waals surface area contributed by atoms with Crippen molar-refractivity contribution >= 4 is 21.6 Å². The van der Waals surface area contributed by atoms with Gasteiger partial charge < -0.3 is 9.64 Å². The summed E-state index contributed by atoms with van der Waals surface area (Å²) in [4.78, 5) is 6.42. The van der Waals surface area contributed by atoms with E-state index in [9.17, 15) is 0 Å². The van der Waals surface area contributed by atoms with E-state index < -0.39 is 0 Å². The number of methoxy groups -OCH3 is 1. The highest BCUT2D eigenvalue weighted by atomic mass is 79.9. The zero-order chi connectivity index (χ0) is 11.1. The molecule has 0 aliphatic carbocycles. The molecule has 1 rings (SSSR count). The van der Waals surface area contributed by atoms with Crippen LogP contribution in [0.2, 0.25) is 0 Å². The van der Waals surface area contributed by atoms with Crippen LogP contribution in [0.4, 0.5) is 5.69 Å². The van der Waals surface area contributed by atoms with Crippen LogP contribution in [-0.4, -0.2) is 30.5 Å². The SMILES string of the molecule is CCCN(CCBr)c1ccnc(OC)c1. The monoisotopic (exact) mass is 272 g/mol. The molecule has 0 radical (unpaired) electrons. The Balaban J connectivity index is 2.79. The van der Waals surface area contributed by atoms with Crippen molar-refractivity contribution in [3.05, 3.63) is 18.3 Å². The molecule has 0 bridgehead atoms. The first kappa shape index (κ1) is 12.3. The molecule has 1 aromatic rings. The molecule has 1 heterocycles. The van der Waals surface area contributed by atoms with Crippen LogP contribution in [0.15, 0.2) is 18.3 Å². The van der Waals surface area contributed by atoms with Crippen molar-refractivity contribution in [2.24, 2.45) is 0 Å². The minimum atomic E-state index is 0.670. The van der Waals surface area contributed by atoms with Crippen LogP contribution in [0.3, 0.4) is 0 Å². The molecule has 15 heavy (non-hydrogen) atoms. The molecule has 0 spiro atoms. The summed E-state index contributed by atoms with van der Waals surface area (Å²) in [5, 5.41) is 0.970. The average Bonchev–Trinajstić information content (AvgIpc) is 2.29. The highest BCUT2D eigenvalue weighted by molar-refractivity contribution is 9.09. The predicted molar refractivity (Wildman–Crippen MR) is 67.1 cm³/mol. The number of alkyl halides is 1. The van der Waals surface area contributed by atoms with E-state index in [2.05, 4.69) is 32.7 Å². The maximum absolute atomic E-state index is 5.11. The number of hydrogen-bond donors (Lipinski definition) is 0. The third-order valence-electron chi connectivity index (χ3n) is 2.14. The summed E-state index contributed by atoms with van der Waals surface area (Å²) in [7, 11) is 1.64. The number of hydrogen-bond acceptors (Lipinski definition) is 3. The third-order valence-corrected chi connectivity index (χ3v) is 2.50. The summed E-state index contributed by atoms with van der Waals surface area (Å²) >= 11 is 3.46. The Morgan fingerprint density at radius 1 is 1.47 bits per heavy atom. The molecule has 3 nitrogen and oxygen atoms in total. The van der Waals surface area contributed by atoms with Gasteiger partial charge in [0.15, 0.2) is 0 Å². The third kappa shape index (κ3) is 3.70. The largest absolute Gasteiger partial charge is 0.481 e. The van der Waals surface area contributed by atoms with E-state index >= 15 is 0 Å². The van der Waals surface area contributed by atoms with Gasteiger partial charge >= 0.3 is 0 Å². The Morgan fingerprint density at radius 3 is 2.87 bits per heavy atom. The minimum absolute atomic E-state index is 0.670. The number of aromatic nitrogens is 1. The second-order valence-corrected chi connectivity index (χ2v) is 4.03. The normalized spacial score (nSPS) is 10.1. The Labute approximate surface area is 99.6 Å². The molecule has 0 fully saturated rings. The molecular formula is C11H17BrN2O. The molecule has 0 saturated carbocycles. The van der Waals surface area contributed by atoms with Gasteiger partial charge in [-0.05, 0) is 12.5 Å². The molecule has 0 aliphatic rings. The maximum atomic E-state index is 5.11. The molecular weight excluding hydrogens is 256 g/mol. The topological polar surface area (TPSA) is 25.4 Å². The summed E-state index contributed by atoms with van der Waals surface area (Å²) in [6.45, 7) is 4.24. The van der Waals surface area contributed by atoms with E-state index in [-0.39, 0.29) is 0 Å². The highest BCUT2D eigenvalue weighted by Crippen LogP contribution is 2.18. The molecule has 0 aliphatic heterocycles. The zero-order valence-electron chi connectivity index (χ0n) is 9.24. The van der Waals surface area contributed by atoms with Crippen molar-refractivity contribution in [1.29, 1.82) is 0 Å². The van der Waals surface area contributed by atoms with Crippen molar-refractivity contribution < 1.29 is 4.74 Å². The molecule has 0 amide bonds. The first-order valence-electron chi connectivity index (χ1n) is 5.12. The lowest BCUT2D eigenvalue weighted by atomic mass is 10.3. The Morgan fingerprint density at radius 2 is 2.27 bits per heavy atom. The van der Waals surface area contributed by atoms with E-state index in [0.717, 1.165) is 24.8 Å². The van der Waals surface area contributed by atoms with Crippen LogP contribution in [0.25, 0.3) is 0 Å². The lowest BCUT2D eigenvalue weighted by Crippen LogP contribution is -2.26. The fourth-order valence-corrected chi connectivity index (χ4v) is 1.88. The molecule has 0 N–H and O–H groups in total. The number of nitrogens with zero attached hydrogens (tertiary/aromatic N) is 2. The summed E-state index contributed by atoms with van der Waals surface area (Å²) in [5.74, 6) is 0.670. The highest BCUT2D eigenvalue weighted by Gasteiger charge is 2.05. The summed E-state index contributed by atoms with van der Waals surface area (Å²) in [6.07, 6.45) is 2.92. The van der Waals surface area contributed by atoms with E-state index in [0.29, 0.717) is 5.88 Å². The van der Waals surface area contributed by atoms with Gasteiger partial charge in [-0.1, -0.05) is 22.9 Å². The molecule has 0 atom stereocenters.